The molecular weight excluding hydrogens is 275 g/mol. The van der Waals surface area contributed by atoms with E-state index in [4.69, 9.17) is 5.73 Å². The summed E-state index contributed by atoms with van der Waals surface area (Å²) in [7, 11) is 0. The molecule has 2 atom stereocenters. The Labute approximate surface area is 120 Å². The molecule has 0 aliphatic rings. The molecular formula is C11H22Cl2N4O. The Morgan fingerprint density at radius 3 is 2.44 bits per heavy atom. The van der Waals surface area contributed by atoms with Crippen molar-refractivity contribution in [1.29, 1.82) is 0 Å². The van der Waals surface area contributed by atoms with Gasteiger partial charge in [-0.2, -0.15) is 5.10 Å². The molecule has 18 heavy (non-hydrogen) atoms. The molecule has 0 saturated heterocycles. The molecule has 0 bridgehead atoms. The minimum Gasteiger partial charge on any atom is -0.350 e. The first kappa shape index (κ1) is 19.6. The van der Waals surface area contributed by atoms with E-state index < -0.39 is 6.04 Å². The maximum absolute atomic E-state index is 11.7. The number of nitrogens with one attached hydrogen (secondary N) is 1. The maximum atomic E-state index is 11.7. The van der Waals surface area contributed by atoms with Gasteiger partial charge in [0.15, 0.2) is 0 Å². The van der Waals surface area contributed by atoms with Crippen LogP contribution < -0.4 is 11.1 Å². The van der Waals surface area contributed by atoms with Crippen molar-refractivity contribution >= 4 is 30.7 Å². The Morgan fingerprint density at radius 2 is 2.00 bits per heavy atom. The van der Waals surface area contributed by atoms with Crippen LogP contribution in [0.15, 0.2) is 18.5 Å². The van der Waals surface area contributed by atoms with E-state index >= 15 is 0 Å². The van der Waals surface area contributed by atoms with E-state index in [1.807, 2.05) is 33.0 Å². The second kappa shape index (κ2) is 9.19. The molecule has 0 saturated carbocycles. The van der Waals surface area contributed by atoms with Crippen LogP contribution in [0.2, 0.25) is 0 Å². The van der Waals surface area contributed by atoms with Crippen LogP contribution in [0.3, 0.4) is 0 Å². The Kier molecular flexibility index (Phi) is 9.99. The zero-order valence-electron chi connectivity index (χ0n) is 10.9. The topological polar surface area (TPSA) is 72.9 Å². The summed E-state index contributed by atoms with van der Waals surface area (Å²) in [5, 5.41) is 6.95. The lowest BCUT2D eigenvalue weighted by molar-refractivity contribution is -0.123. The molecule has 7 heteroatoms. The molecule has 0 spiro atoms. The van der Waals surface area contributed by atoms with Gasteiger partial charge >= 0.3 is 0 Å². The van der Waals surface area contributed by atoms with Crippen molar-refractivity contribution in [3.63, 3.8) is 0 Å². The van der Waals surface area contributed by atoms with E-state index in [1.54, 1.807) is 10.9 Å². The second-order valence-corrected chi connectivity index (χ2v) is 4.41. The molecule has 106 valence electrons. The lowest BCUT2D eigenvalue weighted by Gasteiger charge is -2.19. The molecule has 1 unspecified atom stereocenters. The number of rotatable bonds is 5. The number of hydrogen-bond donors (Lipinski definition) is 2. The van der Waals surface area contributed by atoms with E-state index in [0.717, 1.165) is 0 Å². The lowest BCUT2D eigenvalue weighted by atomic mass is 10.0. The van der Waals surface area contributed by atoms with Gasteiger partial charge in [-0.25, -0.2) is 0 Å². The number of aromatic nitrogens is 2. The molecule has 0 aromatic carbocycles. The molecule has 1 heterocycles. The third kappa shape index (κ3) is 6.23. The van der Waals surface area contributed by atoms with Crippen molar-refractivity contribution in [3.05, 3.63) is 18.5 Å². The predicted octanol–water partition coefficient (Wildman–Crippen LogP) is 1.21. The van der Waals surface area contributed by atoms with E-state index in [1.165, 1.54) is 0 Å². The van der Waals surface area contributed by atoms with Gasteiger partial charge in [0, 0.05) is 18.4 Å². The van der Waals surface area contributed by atoms with Crippen molar-refractivity contribution in [3.8, 4) is 0 Å². The summed E-state index contributed by atoms with van der Waals surface area (Å²) in [6.07, 6.45) is 3.58. The molecule has 1 rings (SSSR count). The number of carbonyl (C=O) groups excluding carboxylic acids is 1. The van der Waals surface area contributed by atoms with Crippen LogP contribution >= 0.6 is 24.8 Å². The summed E-state index contributed by atoms with van der Waals surface area (Å²) in [5.41, 5.74) is 5.75. The SMILES string of the molecule is CC(Cn1cccn1)NC(=O)[C@H](N)C(C)C.Cl.Cl. The van der Waals surface area contributed by atoms with Crippen LogP contribution in [0.5, 0.6) is 0 Å². The van der Waals surface area contributed by atoms with E-state index in [9.17, 15) is 4.79 Å². The van der Waals surface area contributed by atoms with Crippen LogP contribution in [-0.4, -0.2) is 27.8 Å². The van der Waals surface area contributed by atoms with Crippen LogP contribution in [0.25, 0.3) is 0 Å². The Balaban J connectivity index is 0. The number of halogens is 2. The van der Waals surface area contributed by atoms with Crippen molar-refractivity contribution < 1.29 is 4.79 Å². The zero-order valence-corrected chi connectivity index (χ0v) is 12.5. The normalized spacial score (nSPS) is 13.2. The van der Waals surface area contributed by atoms with E-state index in [-0.39, 0.29) is 42.7 Å². The van der Waals surface area contributed by atoms with Gasteiger partial charge < -0.3 is 11.1 Å². The summed E-state index contributed by atoms with van der Waals surface area (Å²) in [4.78, 5) is 11.7. The molecule has 1 aromatic rings. The smallest absolute Gasteiger partial charge is 0.237 e. The highest BCUT2D eigenvalue weighted by Gasteiger charge is 2.18. The predicted molar refractivity (Wildman–Crippen MR) is 77.1 cm³/mol. The lowest BCUT2D eigenvalue weighted by Crippen LogP contribution is -2.48. The van der Waals surface area contributed by atoms with Crippen LogP contribution in [-0.2, 0) is 11.3 Å². The van der Waals surface area contributed by atoms with Gasteiger partial charge in [0.1, 0.15) is 0 Å². The summed E-state index contributed by atoms with van der Waals surface area (Å²) in [6, 6.07) is 1.44. The summed E-state index contributed by atoms with van der Waals surface area (Å²) >= 11 is 0. The molecule has 0 radical (unpaired) electrons. The minimum absolute atomic E-state index is 0. The van der Waals surface area contributed by atoms with Gasteiger partial charge in [-0.3, -0.25) is 9.48 Å². The first-order valence-corrected chi connectivity index (χ1v) is 5.54. The van der Waals surface area contributed by atoms with Crippen molar-refractivity contribution in [1.82, 2.24) is 15.1 Å². The zero-order chi connectivity index (χ0) is 12.1. The maximum Gasteiger partial charge on any atom is 0.237 e. The standard InChI is InChI=1S/C11H20N4O.2ClH/c1-8(2)10(12)11(16)14-9(3)7-15-6-4-5-13-15;;/h4-6,8-10H,7,12H2,1-3H3,(H,14,16);2*1H/t9?,10-;;/m1../s1. The summed E-state index contributed by atoms with van der Waals surface area (Å²) in [6.45, 7) is 6.46. The van der Waals surface area contributed by atoms with E-state index in [2.05, 4.69) is 10.4 Å². The van der Waals surface area contributed by atoms with Gasteiger partial charge in [-0.15, -0.1) is 24.8 Å². The van der Waals surface area contributed by atoms with Gasteiger partial charge in [0.05, 0.1) is 12.6 Å². The highest BCUT2D eigenvalue weighted by molar-refractivity contribution is 5.85. The van der Waals surface area contributed by atoms with Gasteiger partial charge in [-0.1, -0.05) is 13.8 Å². The van der Waals surface area contributed by atoms with Crippen molar-refractivity contribution in [2.24, 2.45) is 11.7 Å². The molecule has 1 amide bonds. The van der Waals surface area contributed by atoms with Crippen molar-refractivity contribution in [2.45, 2.75) is 39.4 Å². The third-order valence-electron chi connectivity index (χ3n) is 2.43. The van der Waals surface area contributed by atoms with Crippen LogP contribution in [0.4, 0.5) is 0 Å². The Hall–Kier alpha value is -0.780. The number of nitrogens with two attached hydrogens (primary N) is 1. The third-order valence-corrected chi connectivity index (χ3v) is 2.43. The number of hydrogen-bond acceptors (Lipinski definition) is 3. The minimum atomic E-state index is -0.444. The summed E-state index contributed by atoms with van der Waals surface area (Å²) < 4.78 is 1.78. The first-order chi connectivity index (χ1) is 7.50. The summed E-state index contributed by atoms with van der Waals surface area (Å²) in [5.74, 6) is 0.0477. The van der Waals surface area contributed by atoms with Gasteiger partial charge in [0.2, 0.25) is 5.91 Å². The monoisotopic (exact) mass is 296 g/mol. The molecule has 1 aromatic heterocycles. The van der Waals surface area contributed by atoms with Gasteiger partial charge in [0.25, 0.3) is 0 Å². The quantitative estimate of drug-likeness (QED) is 0.858. The van der Waals surface area contributed by atoms with Crippen molar-refractivity contribution in [2.75, 3.05) is 0 Å². The molecule has 0 aliphatic heterocycles. The largest absolute Gasteiger partial charge is 0.350 e. The first-order valence-electron chi connectivity index (χ1n) is 5.54. The average Bonchev–Trinajstić information content (AvgIpc) is 2.68. The molecule has 5 nitrogen and oxygen atoms in total. The molecule has 3 N–H and O–H groups in total. The highest BCUT2D eigenvalue weighted by atomic mass is 35.5. The van der Waals surface area contributed by atoms with E-state index in [0.29, 0.717) is 6.54 Å². The van der Waals surface area contributed by atoms with Crippen LogP contribution in [0, 0.1) is 5.92 Å². The number of amides is 1. The van der Waals surface area contributed by atoms with Crippen LogP contribution in [0.1, 0.15) is 20.8 Å². The highest BCUT2D eigenvalue weighted by Crippen LogP contribution is 1.99. The fourth-order valence-corrected chi connectivity index (χ4v) is 1.38. The second-order valence-electron chi connectivity index (χ2n) is 4.41. The fourth-order valence-electron chi connectivity index (χ4n) is 1.38. The Morgan fingerprint density at radius 1 is 1.39 bits per heavy atom. The average molecular weight is 297 g/mol. The molecule has 0 aliphatic carbocycles. The number of carbonyl (C=O) groups is 1. The Bertz CT molecular complexity index is 330. The number of nitrogens with zero attached hydrogens (tertiary/aromatic N) is 2. The van der Waals surface area contributed by atoms with Gasteiger partial charge in [-0.05, 0) is 18.9 Å². The fraction of sp³-hybridized carbons (Fsp3) is 0.636. The molecule has 0 fully saturated rings.